The second kappa shape index (κ2) is 13.7. The number of hydrogen-bond acceptors (Lipinski definition) is 6. The molecule has 0 heterocycles. The largest absolute Gasteiger partial charge is 0.494 e. The molecule has 0 spiro atoms. The zero-order valence-corrected chi connectivity index (χ0v) is 24.6. The van der Waals surface area contributed by atoms with E-state index in [2.05, 4.69) is 5.32 Å². The molecule has 0 aliphatic carbocycles. The Hall–Kier alpha value is -3.21. The highest BCUT2D eigenvalue weighted by Gasteiger charge is 2.32. The Morgan fingerprint density at radius 1 is 1.05 bits per heavy atom. The maximum Gasteiger partial charge on any atom is 0.264 e. The zero-order valence-electron chi connectivity index (χ0n) is 22.3. The molecular weight excluding hydrogens is 558 g/mol. The van der Waals surface area contributed by atoms with Crippen LogP contribution in [0, 0.1) is 0 Å². The van der Waals surface area contributed by atoms with Crippen LogP contribution in [0.1, 0.15) is 19.4 Å². The van der Waals surface area contributed by atoms with Crippen LogP contribution in [0.2, 0.25) is 5.02 Å². The van der Waals surface area contributed by atoms with Crippen molar-refractivity contribution in [2.24, 2.45) is 0 Å². The van der Waals surface area contributed by atoms with E-state index in [0.29, 0.717) is 22.9 Å². The summed E-state index contributed by atoms with van der Waals surface area (Å²) in [6.07, 6.45) is 1.90. The summed E-state index contributed by atoms with van der Waals surface area (Å²) >= 11 is 7.64. The maximum absolute atomic E-state index is 13.9. The zero-order chi connectivity index (χ0) is 28.6. The van der Waals surface area contributed by atoms with Crippen molar-refractivity contribution >= 4 is 50.9 Å². The van der Waals surface area contributed by atoms with E-state index in [-0.39, 0.29) is 23.0 Å². The fourth-order valence-electron chi connectivity index (χ4n) is 3.90. The number of anilines is 1. The molecule has 0 aliphatic heterocycles. The van der Waals surface area contributed by atoms with Crippen molar-refractivity contribution in [1.29, 1.82) is 0 Å². The van der Waals surface area contributed by atoms with Crippen LogP contribution < -0.4 is 14.4 Å². The standard InChI is InChI=1S/C28H32ClN3O5S2/c1-5-37-24-11-9-23(10-12-24)32(39(35,36)26-15-13-25(38-4)14-16-26)19-27(33)31(20(2)28(34)30-3)18-21-7-6-8-22(29)17-21/h6-17,20H,5,18-19H2,1-4H3,(H,30,34)/t20-/m0/s1. The Labute approximate surface area is 239 Å². The minimum Gasteiger partial charge on any atom is -0.494 e. The Morgan fingerprint density at radius 2 is 1.72 bits per heavy atom. The van der Waals surface area contributed by atoms with Gasteiger partial charge in [0, 0.05) is 23.5 Å². The third kappa shape index (κ3) is 7.68. The van der Waals surface area contributed by atoms with Crippen LogP contribution in [-0.4, -0.2) is 57.6 Å². The van der Waals surface area contributed by atoms with Crippen LogP contribution in [0.5, 0.6) is 5.75 Å². The van der Waals surface area contributed by atoms with Crippen molar-refractivity contribution in [2.45, 2.75) is 36.2 Å². The Kier molecular flexibility index (Phi) is 10.7. The van der Waals surface area contributed by atoms with Gasteiger partial charge in [0.25, 0.3) is 10.0 Å². The van der Waals surface area contributed by atoms with Gasteiger partial charge in [0.05, 0.1) is 17.2 Å². The summed E-state index contributed by atoms with van der Waals surface area (Å²) in [5.74, 6) is -0.358. The topological polar surface area (TPSA) is 96.0 Å². The van der Waals surface area contributed by atoms with Gasteiger partial charge in [-0.15, -0.1) is 11.8 Å². The molecule has 0 saturated carbocycles. The van der Waals surface area contributed by atoms with Crippen molar-refractivity contribution in [3.63, 3.8) is 0 Å². The molecule has 0 aromatic heterocycles. The summed E-state index contributed by atoms with van der Waals surface area (Å²) < 4.78 is 34.3. The van der Waals surface area contributed by atoms with Gasteiger partial charge >= 0.3 is 0 Å². The molecule has 39 heavy (non-hydrogen) atoms. The summed E-state index contributed by atoms with van der Waals surface area (Å²) in [5, 5.41) is 3.05. The molecule has 1 N–H and O–H groups in total. The van der Waals surface area contributed by atoms with E-state index in [1.54, 1.807) is 67.6 Å². The smallest absolute Gasteiger partial charge is 0.264 e. The van der Waals surface area contributed by atoms with E-state index in [4.69, 9.17) is 16.3 Å². The van der Waals surface area contributed by atoms with Crippen LogP contribution in [-0.2, 0) is 26.2 Å². The quantitative estimate of drug-likeness (QED) is 0.304. The van der Waals surface area contributed by atoms with Crippen molar-refractivity contribution in [3.8, 4) is 5.75 Å². The van der Waals surface area contributed by atoms with Crippen LogP contribution in [0.3, 0.4) is 0 Å². The van der Waals surface area contributed by atoms with Crippen molar-refractivity contribution < 1.29 is 22.7 Å². The van der Waals surface area contributed by atoms with Crippen LogP contribution in [0.15, 0.2) is 82.6 Å². The van der Waals surface area contributed by atoms with Gasteiger partial charge in [0.1, 0.15) is 18.3 Å². The minimum absolute atomic E-state index is 0.0442. The molecule has 3 rings (SSSR count). The monoisotopic (exact) mass is 589 g/mol. The lowest BCUT2D eigenvalue weighted by Gasteiger charge is -2.31. The molecule has 0 unspecified atom stereocenters. The van der Waals surface area contributed by atoms with Gasteiger partial charge in [-0.2, -0.15) is 0 Å². The maximum atomic E-state index is 13.9. The SMILES string of the molecule is CCOc1ccc(N(CC(=O)N(Cc2cccc(Cl)c2)[C@@H](C)C(=O)NC)S(=O)(=O)c2ccc(SC)cc2)cc1. The number of ether oxygens (including phenoxy) is 1. The van der Waals surface area contributed by atoms with E-state index >= 15 is 0 Å². The van der Waals surface area contributed by atoms with Gasteiger partial charge in [-0.05, 0) is 86.3 Å². The summed E-state index contributed by atoms with van der Waals surface area (Å²) in [5.41, 5.74) is 0.991. The highest BCUT2D eigenvalue weighted by molar-refractivity contribution is 7.98. The Morgan fingerprint density at radius 3 is 2.28 bits per heavy atom. The lowest BCUT2D eigenvalue weighted by molar-refractivity contribution is -0.139. The van der Waals surface area contributed by atoms with Crippen molar-refractivity contribution in [1.82, 2.24) is 10.2 Å². The van der Waals surface area contributed by atoms with Crippen LogP contribution in [0.4, 0.5) is 5.69 Å². The Bertz CT molecular complexity index is 1380. The number of carbonyl (C=O) groups is 2. The van der Waals surface area contributed by atoms with Crippen molar-refractivity contribution in [3.05, 3.63) is 83.4 Å². The van der Waals surface area contributed by atoms with Gasteiger partial charge in [-0.3, -0.25) is 13.9 Å². The fourth-order valence-corrected chi connectivity index (χ4v) is 5.94. The summed E-state index contributed by atoms with van der Waals surface area (Å²) in [4.78, 5) is 28.7. The number of nitrogens with one attached hydrogen (secondary N) is 1. The number of halogens is 1. The molecule has 2 amide bonds. The number of carbonyl (C=O) groups excluding carboxylic acids is 2. The van der Waals surface area contributed by atoms with E-state index < -0.39 is 28.5 Å². The summed E-state index contributed by atoms with van der Waals surface area (Å²) in [6.45, 7) is 3.44. The predicted octanol–water partition coefficient (Wildman–Crippen LogP) is 4.82. The number of likely N-dealkylation sites (N-methyl/N-ethyl adjacent to an activating group) is 1. The molecule has 1 atom stereocenters. The molecule has 0 bridgehead atoms. The molecule has 0 aliphatic rings. The van der Waals surface area contributed by atoms with Crippen molar-refractivity contribution in [2.75, 3.05) is 30.8 Å². The highest BCUT2D eigenvalue weighted by Crippen LogP contribution is 2.28. The van der Waals surface area contributed by atoms with Gasteiger partial charge < -0.3 is 15.0 Å². The molecule has 3 aromatic carbocycles. The molecule has 0 saturated heterocycles. The van der Waals surface area contributed by atoms with Gasteiger partial charge in [-0.25, -0.2) is 8.42 Å². The molecule has 208 valence electrons. The first kappa shape index (κ1) is 30.3. The highest BCUT2D eigenvalue weighted by atomic mass is 35.5. The van der Waals surface area contributed by atoms with E-state index in [9.17, 15) is 18.0 Å². The molecule has 0 radical (unpaired) electrons. The number of sulfonamides is 1. The average Bonchev–Trinajstić information content (AvgIpc) is 2.94. The number of nitrogens with zero attached hydrogens (tertiary/aromatic N) is 2. The number of benzene rings is 3. The van der Waals surface area contributed by atoms with E-state index in [0.717, 1.165) is 9.20 Å². The first-order valence-electron chi connectivity index (χ1n) is 12.3. The lowest BCUT2D eigenvalue weighted by Crippen LogP contribution is -2.50. The second-order valence-corrected chi connectivity index (χ2v) is 11.7. The molecule has 3 aromatic rings. The van der Waals surface area contributed by atoms with Crippen LogP contribution >= 0.6 is 23.4 Å². The normalized spacial score (nSPS) is 11.9. The third-order valence-electron chi connectivity index (χ3n) is 6.02. The molecule has 11 heteroatoms. The number of hydrogen-bond donors (Lipinski definition) is 1. The first-order valence-corrected chi connectivity index (χ1v) is 15.3. The predicted molar refractivity (Wildman–Crippen MR) is 156 cm³/mol. The molecular formula is C28H32ClN3O5S2. The Balaban J connectivity index is 2.03. The van der Waals surface area contributed by atoms with E-state index in [1.807, 2.05) is 13.2 Å². The van der Waals surface area contributed by atoms with Crippen LogP contribution in [0.25, 0.3) is 0 Å². The fraction of sp³-hybridized carbons (Fsp3) is 0.286. The summed E-state index contributed by atoms with van der Waals surface area (Å²) in [7, 11) is -2.67. The van der Waals surface area contributed by atoms with Gasteiger partial charge in [0.2, 0.25) is 11.8 Å². The molecule has 0 fully saturated rings. The number of amides is 2. The average molecular weight is 590 g/mol. The van der Waals surface area contributed by atoms with Gasteiger partial charge in [0.15, 0.2) is 0 Å². The number of rotatable bonds is 12. The summed E-state index contributed by atoms with van der Waals surface area (Å²) in [6, 6.07) is 19.0. The third-order valence-corrected chi connectivity index (χ3v) is 8.78. The second-order valence-electron chi connectivity index (χ2n) is 8.56. The lowest BCUT2D eigenvalue weighted by atomic mass is 10.1. The van der Waals surface area contributed by atoms with E-state index in [1.165, 1.54) is 35.8 Å². The molecule has 8 nitrogen and oxygen atoms in total. The van der Waals surface area contributed by atoms with Gasteiger partial charge in [-0.1, -0.05) is 23.7 Å². The number of thioether (sulfide) groups is 1. The first-order chi connectivity index (χ1) is 18.6. The minimum atomic E-state index is -4.15.